The Bertz CT molecular complexity index is 307. The second-order valence-electron chi connectivity index (χ2n) is 3.24. The van der Waals surface area contributed by atoms with Gasteiger partial charge in [-0.05, 0) is 18.6 Å². The van der Waals surface area contributed by atoms with Crippen molar-refractivity contribution in [2.45, 2.75) is 25.7 Å². The number of rotatable bonds is 5. The molecule has 1 aromatic rings. The smallest absolute Gasteiger partial charge is 0.162 e. The van der Waals surface area contributed by atoms with E-state index in [0.29, 0.717) is 12.0 Å². The molecule has 0 saturated heterocycles. The highest BCUT2D eigenvalue weighted by molar-refractivity contribution is 5.95. The Morgan fingerprint density at radius 1 is 1.36 bits per heavy atom. The molecule has 0 heterocycles. The second-order valence-corrected chi connectivity index (χ2v) is 3.24. The van der Waals surface area contributed by atoms with E-state index in [4.69, 9.17) is 0 Å². The van der Waals surface area contributed by atoms with Gasteiger partial charge in [-0.2, -0.15) is 0 Å². The maximum absolute atomic E-state index is 12.8. The Hall–Kier alpha value is -1.18. The zero-order chi connectivity index (χ0) is 10.4. The maximum atomic E-state index is 12.8. The molecule has 75 valence electrons. The Morgan fingerprint density at radius 2 is 2.14 bits per heavy atom. The summed E-state index contributed by atoms with van der Waals surface area (Å²) in [6.45, 7) is 3.70. The fourth-order valence-electron chi connectivity index (χ4n) is 1.27. The van der Waals surface area contributed by atoms with Gasteiger partial charge in [-0.25, -0.2) is 4.39 Å². The van der Waals surface area contributed by atoms with Crippen molar-refractivity contribution in [3.8, 4) is 0 Å². The van der Waals surface area contributed by atoms with Crippen molar-refractivity contribution in [1.29, 1.82) is 0 Å². The molecule has 1 aromatic carbocycles. The van der Waals surface area contributed by atoms with Crippen molar-refractivity contribution >= 4 is 5.78 Å². The normalized spacial score (nSPS) is 10.1. The van der Waals surface area contributed by atoms with E-state index < -0.39 is 0 Å². The van der Waals surface area contributed by atoms with E-state index in [9.17, 15) is 9.18 Å². The van der Waals surface area contributed by atoms with Crippen LogP contribution in [0.5, 0.6) is 0 Å². The van der Waals surface area contributed by atoms with Crippen LogP contribution in [-0.2, 0) is 0 Å². The summed E-state index contributed by atoms with van der Waals surface area (Å²) in [5.74, 6) is -0.342. The Morgan fingerprint density at radius 3 is 2.79 bits per heavy atom. The highest BCUT2D eigenvalue weighted by atomic mass is 19.1. The number of halogens is 1. The highest BCUT2D eigenvalue weighted by Gasteiger charge is 2.05. The number of hydrogen-bond donors (Lipinski definition) is 0. The van der Waals surface area contributed by atoms with Crippen LogP contribution < -0.4 is 0 Å². The molecule has 0 N–H and O–H groups in total. The monoisotopic (exact) mass is 193 g/mol. The maximum Gasteiger partial charge on any atom is 0.162 e. The Labute approximate surface area is 83.9 Å². The zero-order valence-corrected chi connectivity index (χ0v) is 8.13. The van der Waals surface area contributed by atoms with Crippen LogP contribution in [0.4, 0.5) is 4.39 Å². The molecule has 0 atom stereocenters. The topological polar surface area (TPSA) is 17.1 Å². The van der Waals surface area contributed by atoms with Gasteiger partial charge in [0.15, 0.2) is 5.78 Å². The quantitative estimate of drug-likeness (QED) is 0.517. The Kier molecular flexibility index (Phi) is 4.30. The number of hydrogen-bond acceptors (Lipinski definition) is 1. The van der Waals surface area contributed by atoms with E-state index in [1.54, 1.807) is 12.1 Å². The van der Waals surface area contributed by atoms with E-state index in [-0.39, 0.29) is 11.6 Å². The number of Topliss-reactive ketones (excluding diaryl/α,β-unsaturated/α-hetero) is 1. The minimum atomic E-state index is -0.354. The molecule has 0 aliphatic rings. The summed E-state index contributed by atoms with van der Waals surface area (Å²) >= 11 is 0. The van der Waals surface area contributed by atoms with Crippen LogP contribution >= 0.6 is 0 Å². The number of carbonyl (C=O) groups excluding carboxylic acids is 1. The van der Waals surface area contributed by atoms with Gasteiger partial charge in [0.1, 0.15) is 5.82 Å². The van der Waals surface area contributed by atoms with Crippen LogP contribution in [-0.4, -0.2) is 5.78 Å². The average Bonchev–Trinajstić information content (AvgIpc) is 2.18. The number of unbranched alkanes of at least 4 members (excludes halogenated alkanes) is 2. The summed E-state index contributed by atoms with van der Waals surface area (Å²) in [7, 11) is 0. The summed E-state index contributed by atoms with van der Waals surface area (Å²) in [4.78, 5) is 11.5. The van der Waals surface area contributed by atoms with Crippen molar-refractivity contribution in [3.05, 3.63) is 42.6 Å². The van der Waals surface area contributed by atoms with Crippen molar-refractivity contribution in [2.75, 3.05) is 0 Å². The van der Waals surface area contributed by atoms with Crippen LogP contribution in [0.1, 0.15) is 36.0 Å². The lowest BCUT2D eigenvalue weighted by atomic mass is 10.1. The first-order valence-electron chi connectivity index (χ1n) is 4.82. The lowest BCUT2D eigenvalue weighted by molar-refractivity contribution is 0.0979. The first-order chi connectivity index (χ1) is 6.74. The number of carbonyl (C=O) groups is 1. The van der Waals surface area contributed by atoms with Crippen molar-refractivity contribution in [1.82, 2.24) is 0 Å². The fourth-order valence-corrected chi connectivity index (χ4v) is 1.27. The van der Waals surface area contributed by atoms with Gasteiger partial charge in [-0.3, -0.25) is 4.79 Å². The summed E-state index contributed by atoms with van der Waals surface area (Å²) in [5, 5.41) is 0. The molecule has 0 aliphatic heterocycles. The van der Waals surface area contributed by atoms with Crippen LogP contribution in [0.2, 0.25) is 0 Å². The summed E-state index contributed by atoms with van der Waals surface area (Å²) in [5.41, 5.74) is 0.467. The molecule has 0 spiro atoms. The van der Waals surface area contributed by atoms with E-state index >= 15 is 0 Å². The van der Waals surface area contributed by atoms with Gasteiger partial charge in [-0.15, -0.1) is 0 Å². The lowest BCUT2D eigenvalue weighted by Gasteiger charge is -2.00. The van der Waals surface area contributed by atoms with E-state index in [1.165, 1.54) is 12.1 Å². The van der Waals surface area contributed by atoms with Crippen LogP contribution in [0.15, 0.2) is 24.3 Å². The summed E-state index contributed by atoms with van der Waals surface area (Å²) in [6, 6.07) is 5.83. The van der Waals surface area contributed by atoms with Crippen LogP contribution in [0, 0.1) is 12.7 Å². The molecule has 0 saturated carbocycles. The fraction of sp³-hybridized carbons (Fsp3) is 0.333. The zero-order valence-electron chi connectivity index (χ0n) is 8.13. The highest BCUT2D eigenvalue weighted by Crippen LogP contribution is 2.09. The standard InChI is InChI=1S/C12H14FO/c1-2-3-4-8-12(14)10-6-5-7-11(13)9-10/h5-7,9H,1-4,8H2. The molecule has 0 amide bonds. The molecule has 1 nitrogen and oxygen atoms in total. The van der Waals surface area contributed by atoms with Gasteiger partial charge in [0.25, 0.3) is 0 Å². The minimum absolute atomic E-state index is 0.0120. The van der Waals surface area contributed by atoms with Gasteiger partial charge in [0.05, 0.1) is 0 Å². The summed E-state index contributed by atoms with van der Waals surface area (Å²) in [6.07, 6.45) is 3.11. The SMILES string of the molecule is [CH2]CCCCC(=O)c1cccc(F)c1. The van der Waals surface area contributed by atoms with Gasteiger partial charge in [0, 0.05) is 12.0 Å². The third-order valence-corrected chi connectivity index (χ3v) is 2.05. The molecular formula is C12H14FO. The molecule has 0 fully saturated rings. The third-order valence-electron chi connectivity index (χ3n) is 2.05. The first kappa shape index (κ1) is 10.9. The van der Waals surface area contributed by atoms with Gasteiger partial charge >= 0.3 is 0 Å². The minimum Gasteiger partial charge on any atom is -0.294 e. The van der Waals surface area contributed by atoms with Crippen LogP contribution in [0.25, 0.3) is 0 Å². The van der Waals surface area contributed by atoms with Gasteiger partial charge in [-0.1, -0.05) is 31.9 Å². The van der Waals surface area contributed by atoms with Gasteiger partial charge < -0.3 is 0 Å². The van der Waals surface area contributed by atoms with E-state index in [1.807, 2.05) is 0 Å². The van der Waals surface area contributed by atoms with Crippen LogP contribution in [0.3, 0.4) is 0 Å². The third kappa shape index (κ3) is 3.29. The molecule has 1 radical (unpaired) electrons. The number of benzene rings is 1. The molecule has 0 unspecified atom stereocenters. The molecule has 1 rings (SSSR count). The average molecular weight is 193 g/mol. The van der Waals surface area contributed by atoms with Crippen molar-refractivity contribution < 1.29 is 9.18 Å². The summed E-state index contributed by atoms with van der Waals surface area (Å²) < 4.78 is 12.8. The molecule has 2 heteroatoms. The second kappa shape index (κ2) is 5.53. The van der Waals surface area contributed by atoms with E-state index in [0.717, 1.165) is 19.3 Å². The van der Waals surface area contributed by atoms with Crippen molar-refractivity contribution in [2.24, 2.45) is 0 Å². The Balaban J connectivity index is 2.52. The first-order valence-corrected chi connectivity index (χ1v) is 4.82. The predicted molar refractivity (Wildman–Crippen MR) is 54.6 cm³/mol. The molecule has 0 bridgehead atoms. The largest absolute Gasteiger partial charge is 0.294 e. The molecule has 0 aliphatic carbocycles. The van der Waals surface area contributed by atoms with Crippen molar-refractivity contribution in [3.63, 3.8) is 0 Å². The van der Waals surface area contributed by atoms with E-state index in [2.05, 4.69) is 6.92 Å². The molecular weight excluding hydrogens is 179 g/mol. The van der Waals surface area contributed by atoms with Gasteiger partial charge in [0.2, 0.25) is 0 Å². The molecule has 14 heavy (non-hydrogen) atoms. The lowest BCUT2D eigenvalue weighted by Crippen LogP contribution is -1.99. The predicted octanol–water partition coefficient (Wildman–Crippen LogP) is 3.40. The molecule has 0 aromatic heterocycles. The number of ketones is 1.